The van der Waals surface area contributed by atoms with Crippen molar-refractivity contribution in [2.75, 3.05) is 58.2 Å². The van der Waals surface area contributed by atoms with Crippen LogP contribution in [0.25, 0.3) is 0 Å². The maximum atomic E-state index is 13.1. The molecule has 0 aromatic heterocycles. The van der Waals surface area contributed by atoms with Gasteiger partial charge in [-0.15, -0.1) is 0 Å². The van der Waals surface area contributed by atoms with Gasteiger partial charge in [0.05, 0.1) is 31.7 Å². The normalized spacial score (nSPS) is 12.6. The summed E-state index contributed by atoms with van der Waals surface area (Å²) in [5, 5.41) is 23.3. The molecule has 0 aliphatic rings. The zero-order valence-electron chi connectivity index (χ0n) is 34.3. The van der Waals surface area contributed by atoms with Gasteiger partial charge >= 0.3 is 0 Å². The molecule has 4 atom stereocenters. The van der Waals surface area contributed by atoms with Crippen LogP contribution in [-0.2, 0) is 38.4 Å². The van der Waals surface area contributed by atoms with E-state index >= 15 is 0 Å². The van der Waals surface area contributed by atoms with Crippen LogP contribution in [0.5, 0.6) is 0 Å². The van der Waals surface area contributed by atoms with E-state index in [0.29, 0.717) is 57.3 Å². The molecule has 3 unspecified atom stereocenters. The van der Waals surface area contributed by atoms with Gasteiger partial charge < -0.3 is 65.1 Å². The highest BCUT2D eigenvalue weighted by Gasteiger charge is 2.28. The van der Waals surface area contributed by atoms with Crippen molar-refractivity contribution in [1.82, 2.24) is 42.5 Å². The number of para-hydroxylation sites is 1. The van der Waals surface area contributed by atoms with Crippen LogP contribution in [0.3, 0.4) is 0 Å². The van der Waals surface area contributed by atoms with Gasteiger partial charge in [0.25, 0.3) is 5.91 Å². The number of nitrogens with two attached hydrogens (primary N) is 3. The first-order valence-electron chi connectivity index (χ1n) is 19.9. The molecule has 0 radical (unpaired) electrons. The standard InChI is InChI=1S/C38H64N12O9/c1-4-24(2)34(38(59)45-21-29(41)51)50-33(55)23-47-36(57)27(14-8-9-17-39)49-32(54)22-46-37(58)28(48-31(53)20-40)15-16-30(52)43-18-10-5-11-19-44-35(56)25-12-6-7-13-26(25)42-3/h6-7,12-13,24,27-28,34,42H,4-5,8-11,14-23,39-40H2,1-3H3,(H2,41,51)(H,43,52)(H,44,56)(H,45,59)(H,46,58)(H,47,57)(H,48,53)(H,49,54)(H,50,55)/t24?,27?,28-,34?/m0/s1. The van der Waals surface area contributed by atoms with Crippen LogP contribution in [0.4, 0.5) is 5.69 Å². The highest BCUT2D eigenvalue weighted by molar-refractivity contribution is 5.99. The van der Waals surface area contributed by atoms with Crippen molar-refractivity contribution in [2.24, 2.45) is 23.1 Å². The van der Waals surface area contributed by atoms with Crippen LogP contribution in [-0.4, -0.2) is 124 Å². The van der Waals surface area contributed by atoms with Crippen molar-refractivity contribution < 1.29 is 43.2 Å². The quantitative estimate of drug-likeness (QED) is 0.0344. The van der Waals surface area contributed by atoms with E-state index in [9.17, 15) is 43.2 Å². The Morgan fingerprint density at radius 2 is 1.20 bits per heavy atom. The Morgan fingerprint density at radius 1 is 0.627 bits per heavy atom. The topological polar surface area (TPSA) is 340 Å². The molecule has 0 heterocycles. The number of amides is 9. The molecule has 330 valence electrons. The zero-order valence-corrected chi connectivity index (χ0v) is 34.3. The van der Waals surface area contributed by atoms with Crippen molar-refractivity contribution in [3.05, 3.63) is 29.8 Å². The van der Waals surface area contributed by atoms with Crippen LogP contribution in [0, 0.1) is 5.92 Å². The third kappa shape index (κ3) is 21.5. The van der Waals surface area contributed by atoms with Crippen LogP contribution in [0.15, 0.2) is 24.3 Å². The number of rotatable bonds is 30. The maximum Gasteiger partial charge on any atom is 0.253 e. The van der Waals surface area contributed by atoms with Gasteiger partial charge in [0.15, 0.2) is 0 Å². The van der Waals surface area contributed by atoms with Crippen molar-refractivity contribution in [3.8, 4) is 0 Å². The molecule has 0 saturated heterocycles. The van der Waals surface area contributed by atoms with E-state index in [0.717, 1.165) is 12.1 Å². The first kappa shape index (κ1) is 51.2. The summed E-state index contributed by atoms with van der Waals surface area (Å²) in [7, 11) is 1.74. The van der Waals surface area contributed by atoms with Crippen molar-refractivity contribution in [2.45, 2.75) is 89.8 Å². The number of anilines is 1. The summed E-state index contributed by atoms with van der Waals surface area (Å²) in [4.78, 5) is 112. The van der Waals surface area contributed by atoms with Gasteiger partial charge in [-0.2, -0.15) is 0 Å². The van der Waals surface area contributed by atoms with Gasteiger partial charge in [-0.25, -0.2) is 0 Å². The number of primary amides is 1. The molecule has 0 aliphatic heterocycles. The van der Waals surface area contributed by atoms with E-state index in [1.807, 2.05) is 19.1 Å². The van der Waals surface area contributed by atoms with Crippen molar-refractivity contribution in [3.63, 3.8) is 0 Å². The molecule has 9 amide bonds. The molecule has 1 aromatic carbocycles. The molecule has 0 spiro atoms. The third-order valence-corrected chi connectivity index (χ3v) is 9.09. The molecule has 0 saturated carbocycles. The lowest BCUT2D eigenvalue weighted by atomic mass is 9.98. The lowest BCUT2D eigenvalue weighted by Crippen LogP contribution is -2.55. The molecule has 0 fully saturated rings. The summed E-state index contributed by atoms with van der Waals surface area (Å²) in [6, 6.07) is 3.86. The fourth-order valence-corrected chi connectivity index (χ4v) is 5.54. The van der Waals surface area contributed by atoms with Crippen LogP contribution in [0.1, 0.15) is 82.0 Å². The molecule has 1 rings (SSSR count). The predicted octanol–water partition coefficient (Wildman–Crippen LogP) is -3.05. The molecule has 21 heteroatoms. The molecule has 0 bridgehead atoms. The monoisotopic (exact) mass is 832 g/mol. The molecular formula is C38H64N12O9. The highest BCUT2D eigenvalue weighted by atomic mass is 16.2. The van der Waals surface area contributed by atoms with Crippen LogP contribution in [0.2, 0.25) is 0 Å². The van der Waals surface area contributed by atoms with E-state index in [-0.39, 0.29) is 37.0 Å². The second-order valence-electron chi connectivity index (χ2n) is 13.8. The average Bonchev–Trinajstić information content (AvgIpc) is 3.22. The first-order valence-corrected chi connectivity index (χ1v) is 19.9. The number of hydrogen-bond donors (Lipinski definition) is 12. The predicted molar refractivity (Wildman–Crippen MR) is 220 cm³/mol. The zero-order chi connectivity index (χ0) is 44.2. The summed E-state index contributed by atoms with van der Waals surface area (Å²) >= 11 is 0. The summed E-state index contributed by atoms with van der Waals surface area (Å²) < 4.78 is 0. The van der Waals surface area contributed by atoms with Crippen molar-refractivity contribution >= 4 is 58.9 Å². The lowest BCUT2D eigenvalue weighted by molar-refractivity contribution is -0.133. The Labute approximate surface area is 345 Å². The van der Waals surface area contributed by atoms with Crippen LogP contribution >= 0.6 is 0 Å². The molecule has 1 aromatic rings. The second-order valence-corrected chi connectivity index (χ2v) is 13.8. The largest absolute Gasteiger partial charge is 0.387 e. The number of nitrogens with one attached hydrogen (secondary N) is 9. The Hall–Kier alpha value is -5.83. The Balaban J connectivity index is 2.63. The van der Waals surface area contributed by atoms with Crippen molar-refractivity contribution in [1.29, 1.82) is 0 Å². The first-order chi connectivity index (χ1) is 28.2. The summed E-state index contributed by atoms with van der Waals surface area (Å²) in [5.74, 6) is -5.79. The minimum atomic E-state index is -1.19. The molecule has 59 heavy (non-hydrogen) atoms. The van der Waals surface area contributed by atoms with Crippen LogP contribution < -0.4 is 65.1 Å². The fourth-order valence-electron chi connectivity index (χ4n) is 5.54. The summed E-state index contributed by atoms with van der Waals surface area (Å²) in [6.07, 6.45) is 3.52. The van der Waals surface area contributed by atoms with Gasteiger partial charge in [-0.1, -0.05) is 32.4 Å². The molecular weight excluding hydrogens is 768 g/mol. The van der Waals surface area contributed by atoms with E-state index in [1.54, 1.807) is 26.1 Å². The number of unbranched alkanes of at least 4 members (excludes halogenated alkanes) is 3. The lowest BCUT2D eigenvalue weighted by Gasteiger charge is -2.24. The van der Waals surface area contributed by atoms with Gasteiger partial charge in [0.1, 0.15) is 18.1 Å². The average molecular weight is 833 g/mol. The molecule has 15 N–H and O–H groups in total. The Bertz CT molecular complexity index is 1560. The van der Waals surface area contributed by atoms with E-state index < -0.39 is 85.7 Å². The fraction of sp³-hybridized carbons (Fsp3) is 0.605. The third-order valence-electron chi connectivity index (χ3n) is 9.09. The van der Waals surface area contributed by atoms with Gasteiger partial charge in [-0.05, 0) is 69.5 Å². The van der Waals surface area contributed by atoms with Gasteiger partial charge in [0.2, 0.25) is 47.3 Å². The maximum absolute atomic E-state index is 13.1. The SMILES string of the molecule is CCC(C)C(NC(=O)CNC(=O)C(CCCCN)NC(=O)CNC(=O)[C@H](CCC(=O)NCCCCCNC(=O)c1ccccc1NC)NC(=O)CN)C(=O)NCC(N)=O. The molecule has 0 aliphatic carbocycles. The minimum Gasteiger partial charge on any atom is -0.387 e. The van der Waals surface area contributed by atoms with Gasteiger partial charge in [-0.3, -0.25) is 43.2 Å². The van der Waals surface area contributed by atoms with E-state index in [2.05, 4.69) is 47.9 Å². The number of hydrogen-bond acceptors (Lipinski definition) is 12. The number of benzene rings is 1. The Morgan fingerprint density at radius 3 is 1.80 bits per heavy atom. The smallest absolute Gasteiger partial charge is 0.253 e. The highest BCUT2D eigenvalue weighted by Crippen LogP contribution is 2.14. The summed E-state index contributed by atoms with van der Waals surface area (Å²) in [6.45, 7) is 2.75. The molecule has 21 nitrogen and oxygen atoms in total. The van der Waals surface area contributed by atoms with E-state index in [1.165, 1.54) is 0 Å². The van der Waals surface area contributed by atoms with E-state index in [4.69, 9.17) is 17.2 Å². The summed E-state index contributed by atoms with van der Waals surface area (Å²) in [5.41, 5.74) is 17.4. The minimum absolute atomic E-state index is 0.0952. The van der Waals surface area contributed by atoms with Gasteiger partial charge in [0, 0.05) is 32.2 Å². The second kappa shape index (κ2) is 29.4. The Kier molecular flexibility index (Phi) is 25.5. The number of carbonyl (C=O) groups excluding carboxylic acids is 9. The number of carbonyl (C=O) groups is 9.